The van der Waals surface area contributed by atoms with Crippen molar-refractivity contribution in [1.82, 2.24) is 10.2 Å². The maximum atomic E-state index is 12.8. The molecule has 5 N–H and O–H groups in total. The van der Waals surface area contributed by atoms with Gasteiger partial charge in [-0.1, -0.05) is 44.5 Å². The SMILES string of the molecule is CC(C)(C)C(N)C(=O)N1C[C@H](O)C[C@H]1C(=O)N[C@@H](CO)c1ccc(Cl)cc1. The maximum Gasteiger partial charge on any atom is 0.243 e. The van der Waals surface area contributed by atoms with Crippen LogP contribution in [0.15, 0.2) is 24.3 Å². The number of nitrogens with one attached hydrogen (secondary N) is 1. The number of carbonyl (C=O) groups excluding carboxylic acids is 2. The zero-order chi connectivity index (χ0) is 20.4. The molecule has 150 valence electrons. The van der Waals surface area contributed by atoms with Crippen molar-refractivity contribution in [3.05, 3.63) is 34.9 Å². The van der Waals surface area contributed by atoms with Crippen LogP contribution in [0, 0.1) is 5.41 Å². The van der Waals surface area contributed by atoms with Crippen LogP contribution >= 0.6 is 11.6 Å². The highest BCUT2D eigenvalue weighted by atomic mass is 35.5. The molecule has 8 heteroatoms. The number of aliphatic hydroxyl groups is 2. The molecule has 1 aromatic carbocycles. The van der Waals surface area contributed by atoms with E-state index in [2.05, 4.69) is 5.32 Å². The monoisotopic (exact) mass is 397 g/mol. The van der Waals surface area contributed by atoms with Crippen molar-refractivity contribution in [2.75, 3.05) is 13.2 Å². The van der Waals surface area contributed by atoms with E-state index in [0.717, 1.165) is 0 Å². The van der Waals surface area contributed by atoms with Crippen molar-refractivity contribution in [3.63, 3.8) is 0 Å². The van der Waals surface area contributed by atoms with Crippen LogP contribution in [-0.2, 0) is 9.59 Å². The van der Waals surface area contributed by atoms with E-state index >= 15 is 0 Å². The highest BCUT2D eigenvalue weighted by Gasteiger charge is 2.43. The maximum absolute atomic E-state index is 12.8. The van der Waals surface area contributed by atoms with E-state index < -0.39 is 35.6 Å². The predicted octanol–water partition coefficient (Wildman–Crippen LogP) is 0.825. The van der Waals surface area contributed by atoms with Crippen molar-refractivity contribution < 1.29 is 19.8 Å². The van der Waals surface area contributed by atoms with Gasteiger partial charge in [0.1, 0.15) is 6.04 Å². The van der Waals surface area contributed by atoms with Gasteiger partial charge in [0.2, 0.25) is 11.8 Å². The summed E-state index contributed by atoms with van der Waals surface area (Å²) in [6.07, 6.45) is -0.660. The molecule has 1 aromatic rings. The van der Waals surface area contributed by atoms with E-state index in [9.17, 15) is 19.8 Å². The van der Waals surface area contributed by atoms with Crippen molar-refractivity contribution in [3.8, 4) is 0 Å². The Morgan fingerprint density at radius 2 is 1.93 bits per heavy atom. The minimum atomic E-state index is -0.831. The zero-order valence-electron chi connectivity index (χ0n) is 15.9. The standard InChI is InChI=1S/C19H28ClN3O4/c1-19(2,3)16(21)18(27)23-9-13(25)8-15(23)17(26)22-14(10-24)11-4-6-12(20)7-5-11/h4-7,13-16,24-25H,8-10,21H2,1-3H3,(H,22,26)/t13-,14+,15+,16?/m1/s1. The van der Waals surface area contributed by atoms with Crippen LogP contribution in [0.25, 0.3) is 0 Å². The molecule has 4 atom stereocenters. The van der Waals surface area contributed by atoms with Crippen LogP contribution in [0.5, 0.6) is 0 Å². The Morgan fingerprint density at radius 1 is 1.33 bits per heavy atom. The van der Waals surface area contributed by atoms with Crippen LogP contribution in [0.3, 0.4) is 0 Å². The molecule has 1 fully saturated rings. The van der Waals surface area contributed by atoms with Gasteiger partial charge in [0.25, 0.3) is 0 Å². The Morgan fingerprint density at radius 3 is 2.44 bits per heavy atom. The first kappa shape index (κ1) is 21.6. The second-order valence-corrected chi connectivity index (χ2v) is 8.47. The zero-order valence-corrected chi connectivity index (χ0v) is 16.6. The van der Waals surface area contributed by atoms with Crippen molar-refractivity contribution in [2.45, 2.75) is 51.4 Å². The Hall–Kier alpha value is -1.67. The lowest BCUT2D eigenvalue weighted by Crippen LogP contribution is -2.55. The molecular formula is C19H28ClN3O4. The van der Waals surface area contributed by atoms with Crippen LogP contribution in [-0.4, -0.2) is 58.3 Å². The van der Waals surface area contributed by atoms with Gasteiger partial charge in [0.05, 0.1) is 24.8 Å². The molecule has 1 aliphatic rings. The summed E-state index contributed by atoms with van der Waals surface area (Å²) in [5.74, 6) is -0.804. The van der Waals surface area contributed by atoms with Gasteiger partial charge in [-0.05, 0) is 23.1 Å². The molecule has 1 heterocycles. The number of halogens is 1. The Kier molecular flexibility index (Phi) is 6.86. The summed E-state index contributed by atoms with van der Waals surface area (Å²) in [6.45, 7) is 5.29. The summed E-state index contributed by atoms with van der Waals surface area (Å²) >= 11 is 5.87. The summed E-state index contributed by atoms with van der Waals surface area (Å²) in [7, 11) is 0. The average Bonchev–Trinajstić information content (AvgIpc) is 3.00. The van der Waals surface area contributed by atoms with E-state index in [1.807, 2.05) is 20.8 Å². The second-order valence-electron chi connectivity index (χ2n) is 8.03. The fourth-order valence-electron chi connectivity index (χ4n) is 3.05. The van der Waals surface area contributed by atoms with E-state index in [1.165, 1.54) is 4.90 Å². The highest BCUT2D eigenvalue weighted by molar-refractivity contribution is 6.30. The minimum absolute atomic E-state index is 0.0609. The quantitative estimate of drug-likeness (QED) is 0.587. The molecule has 1 unspecified atom stereocenters. The smallest absolute Gasteiger partial charge is 0.243 e. The number of aliphatic hydroxyl groups excluding tert-OH is 2. The van der Waals surface area contributed by atoms with Gasteiger partial charge in [-0.25, -0.2) is 0 Å². The van der Waals surface area contributed by atoms with E-state index in [-0.39, 0.29) is 25.5 Å². The molecule has 7 nitrogen and oxygen atoms in total. The number of hydrogen-bond donors (Lipinski definition) is 4. The normalized spacial score (nSPS) is 22.4. The predicted molar refractivity (Wildman–Crippen MR) is 103 cm³/mol. The van der Waals surface area contributed by atoms with Crippen LogP contribution in [0.2, 0.25) is 5.02 Å². The number of β-amino-alcohol motifs (C(OH)–C–C–N with tert-alkyl or cyclic N) is 1. The largest absolute Gasteiger partial charge is 0.394 e. The third kappa shape index (κ3) is 5.19. The van der Waals surface area contributed by atoms with E-state index in [1.54, 1.807) is 24.3 Å². The molecule has 1 saturated heterocycles. The molecule has 0 aromatic heterocycles. The Bertz CT molecular complexity index is 675. The number of amides is 2. The summed E-state index contributed by atoms with van der Waals surface area (Å²) in [4.78, 5) is 26.9. The van der Waals surface area contributed by atoms with Gasteiger partial charge >= 0.3 is 0 Å². The average molecular weight is 398 g/mol. The fourth-order valence-corrected chi connectivity index (χ4v) is 3.18. The molecular weight excluding hydrogens is 370 g/mol. The van der Waals surface area contributed by atoms with Crippen molar-refractivity contribution in [2.24, 2.45) is 11.1 Å². The van der Waals surface area contributed by atoms with Crippen LogP contribution < -0.4 is 11.1 Å². The van der Waals surface area contributed by atoms with Gasteiger partial charge in [-0.15, -0.1) is 0 Å². The molecule has 2 rings (SSSR count). The molecule has 0 aliphatic carbocycles. The molecule has 27 heavy (non-hydrogen) atoms. The van der Waals surface area contributed by atoms with Gasteiger partial charge in [-0.2, -0.15) is 0 Å². The molecule has 2 amide bonds. The first-order valence-electron chi connectivity index (χ1n) is 8.95. The van der Waals surface area contributed by atoms with E-state index in [4.69, 9.17) is 17.3 Å². The molecule has 0 bridgehead atoms. The number of nitrogens with zero attached hydrogens (tertiary/aromatic N) is 1. The van der Waals surface area contributed by atoms with Crippen LogP contribution in [0.4, 0.5) is 0 Å². The number of likely N-dealkylation sites (tertiary alicyclic amines) is 1. The van der Waals surface area contributed by atoms with Gasteiger partial charge in [0, 0.05) is 18.0 Å². The third-order valence-corrected chi connectivity index (χ3v) is 5.09. The van der Waals surface area contributed by atoms with Crippen molar-refractivity contribution >= 4 is 23.4 Å². The fraction of sp³-hybridized carbons (Fsp3) is 0.579. The lowest BCUT2D eigenvalue weighted by atomic mass is 9.86. The number of benzene rings is 1. The topological polar surface area (TPSA) is 116 Å². The molecule has 1 aliphatic heterocycles. The second kappa shape index (κ2) is 8.56. The lowest BCUT2D eigenvalue weighted by Gasteiger charge is -2.33. The number of carbonyl (C=O) groups is 2. The molecule has 0 saturated carbocycles. The Balaban J connectivity index is 2.14. The molecule has 0 spiro atoms. The van der Waals surface area contributed by atoms with Gasteiger partial charge < -0.3 is 26.2 Å². The highest BCUT2D eigenvalue weighted by Crippen LogP contribution is 2.25. The summed E-state index contributed by atoms with van der Waals surface area (Å²) in [5, 5.41) is 23.0. The van der Waals surface area contributed by atoms with Crippen LogP contribution in [0.1, 0.15) is 38.8 Å². The first-order chi connectivity index (χ1) is 12.5. The number of nitrogens with two attached hydrogens (primary N) is 1. The molecule has 0 radical (unpaired) electrons. The number of rotatable bonds is 5. The van der Waals surface area contributed by atoms with Gasteiger partial charge in [0.15, 0.2) is 0 Å². The minimum Gasteiger partial charge on any atom is -0.394 e. The number of hydrogen-bond acceptors (Lipinski definition) is 5. The third-order valence-electron chi connectivity index (χ3n) is 4.84. The summed E-state index contributed by atoms with van der Waals surface area (Å²) in [5.41, 5.74) is 6.28. The lowest BCUT2D eigenvalue weighted by molar-refractivity contribution is -0.141. The van der Waals surface area contributed by atoms with Crippen molar-refractivity contribution in [1.29, 1.82) is 0 Å². The Labute approximate surface area is 164 Å². The summed E-state index contributed by atoms with van der Waals surface area (Å²) in [6, 6.07) is 4.51. The van der Waals surface area contributed by atoms with E-state index in [0.29, 0.717) is 10.6 Å². The van der Waals surface area contributed by atoms with Gasteiger partial charge in [-0.3, -0.25) is 9.59 Å². The first-order valence-corrected chi connectivity index (χ1v) is 9.33. The summed E-state index contributed by atoms with van der Waals surface area (Å²) < 4.78 is 0.